The SMILES string of the molecule is CCCc1nc(NCC)cc(Nc2cccc(OC)c2)n1. The number of rotatable bonds is 7. The zero-order chi connectivity index (χ0) is 15.1. The Morgan fingerprint density at radius 3 is 2.62 bits per heavy atom. The van der Waals surface area contributed by atoms with Crippen molar-refractivity contribution in [2.45, 2.75) is 26.7 Å². The number of nitrogens with zero attached hydrogens (tertiary/aromatic N) is 2. The molecule has 0 fully saturated rings. The Morgan fingerprint density at radius 1 is 1.10 bits per heavy atom. The summed E-state index contributed by atoms with van der Waals surface area (Å²) >= 11 is 0. The van der Waals surface area contributed by atoms with Gasteiger partial charge in [-0.3, -0.25) is 0 Å². The van der Waals surface area contributed by atoms with Gasteiger partial charge in [-0.1, -0.05) is 13.0 Å². The number of aryl methyl sites for hydroxylation is 1. The number of aromatic nitrogens is 2. The van der Waals surface area contributed by atoms with Crippen molar-refractivity contribution >= 4 is 17.3 Å². The molecule has 0 aliphatic carbocycles. The van der Waals surface area contributed by atoms with Crippen LogP contribution in [0.1, 0.15) is 26.1 Å². The molecule has 0 bridgehead atoms. The lowest BCUT2D eigenvalue weighted by Gasteiger charge is -2.11. The van der Waals surface area contributed by atoms with E-state index in [1.165, 1.54) is 0 Å². The van der Waals surface area contributed by atoms with Gasteiger partial charge in [-0.25, -0.2) is 9.97 Å². The van der Waals surface area contributed by atoms with Crippen molar-refractivity contribution in [3.63, 3.8) is 0 Å². The number of ether oxygens (including phenoxy) is 1. The third kappa shape index (κ3) is 4.34. The van der Waals surface area contributed by atoms with E-state index in [4.69, 9.17) is 4.74 Å². The zero-order valence-corrected chi connectivity index (χ0v) is 12.8. The summed E-state index contributed by atoms with van der Waals surface area (Å²) < 4.78 is 5.23. The number of nitrogens with one attached hydrogen (secondary N) is 2. The van der Waals surface area contributed by atoms with E-state index in [0.29, 0.717) is 0 Å². The van der Waals surface area contributed by atoms with Crippen molar-refractivity contribution in [3.8, 4) is 5.75 Å². The number of hydrogen-bond donors (Lipinski definition) is 2. The van der Waals surface area contributed by atoms with Crippen molar-refractivity contribution in [3.05, 3.63) is 36.2 Å². The Hall–Kier alpha value is -2.30. The van der Waals surface area contributed by atoms with Gasteiger partial charge in [-0.2, -0.15) is 0 Å². The smallest absolute Gasteiger partial charge is 0.136 e. The lowest BCUT2D eigenvalue weighted by molar-refractivity contribution is 0.415. The molecule has 2 rings (SSSR count). The largest absolute Gasteiger partial charge is 0.497 e. The predicted molar refractivity (Wildman–Crippen MR) is 86.5 cm³/mol. The molecule has 0 unspecified atom stereocenters. The third-order valence-electron chi connectivity index (χ3n) is 2.95. The van der Waals surface area contributed by atoms with Crippen LogP contribution < -0.4 is 15.4 Å². The highest BCUT2D eigenvalue weighted by Gasteiger charge is 2.05. The van der Waals surface area contributed by atoms with Gasteiger partial charge in [0, 0.05) is 30.8 Å². The fourth-order valence-electron chi connectivity index (χ4n) is 2.02. The van der Waals surface area contributed by atoms with Crippen LogP contribution in [0.4, 0.5) is 17.3 Å². The molecular weight excluding hydrogens is 264 g/mol. The van der Waals surface area contributed by atoms with Gasteiger partial charge in [-0.15, -0.1) is 0 Å². The van der Waals surface area contributed by atoms with Crippen molar-refractivity contribution in [1.82, 2.24) is 9.97 Å². The van der Waals surface area contributed by atoms with Crippen LogP contribution in [0.15, 0.2) is 30.3 Å². The topological polar surface area (TPSA) is 59.1 Å². The maximum atomic E-state index is 5.23. The molecule has 1 heterocycles. The average molecular weight is 286 g/mol. The Balaban J connectivity index is 2.24. The summed E-state index contributed by atoms with van der Waals surface area (Å²) in [5.41, 5.74) is 0.943. The third-order valence-corrected chi connectivity index (χ3v) is 2.95. The van der Waals surface area contributed by atoms with E-state index in [1.807, 2.05) is 30.3 Å². The lowest BCUT2D eigenvalue weighted by atomic mass is 10.3. The van der Waals surface area contributed by atoms with E-state index in [2.05, 4.69) is 34.4 Å². The van der Waals surface area contributed by atoms with Gasteiger partial charge in [0.2, 0.25) is 0 Å². The summed E-state index contributed by atoms with van der Waals surface area (Å²) in [5.74, 6) is 3.30. The molecule has 1 aromatic carbocycles. The summed E-state index contributed by atoms with van der Waals surface area (Å²) in [6.07, 6.45) is 1.89. The highest BCUT2D eigenvalue weighted by Crippen LogP contribution is 2.21. The van der Waals surface area contributed by atoms with Crippen molar-refractivity contribution in [2.24, 2.45) is 0 Å². The normalized spacial score (nSPS) is 10.2. The molecule has 0 saturated heterocycles. The molecule has 0 spiro atoms. The van der Waals surface area contributed by atoms with Crippen LogP contribution in [0, 0.1) is 0 Å². The maximum absolute atomic E-state index is 5.23. The first-order chi connectivity index (χ1) is 10.2. The molecule has 1 aromatic heterocycles. The predicted octanol–water partition coefficient (Wildman–Crippen LogP) is 3.61. The minimum atomic E-state index is 0.789. The van der Waals surface area contributed by atoms with E-state index >= 15 is 0 Å². The molecule has 112 valence electrons. The maximum Gasteiger partial charge on any atom is 0.136 e. The van der Waals surface area contributed by atoms with Gasteiger partial charge in [0.25, 0.3) is 0 Å². The Kier molecular flexibility index (Phi) is 5.37. The minimum Gasteiger partial charge on any atom is -0.497 e. The van der Waals surface area contributed by atoms with E-state index in [-0.39, 0.29) is 0 Å². The monoisotopic (exact) mass is 286 g/mol. The fraction of sp³-hybridized carbons (Fsp3) is 0.375. The standard InChI is InChI=1S/C16H22N4O/c1-4-7-14-19-15(17-5-2)11-16(20-14)18-12-8-6-9-13(10-12)21-3/h6,8-11H,4-5,7H2,1-3H3,(H2,17,18,19,20). The number of hydrogen-bond acceptors (Lipinski definition) is 5. The number of methoxy groups -OCH3 is 1. The first kappa shape index (κ1) is 15.1. The second-order valence-electron chi connectivity index (χ2n) is 4.69. The Bertz CT molecular complexity index is 562. The summed E-state index contributed by atoms with van der Waals surface area (Å²) in [7, 11) is 1.66. The van der Waals surface area contributed by atoms with Crippen molar-refractivity contribution in [1.29, 1.82) is 0 Å². The molecule has 5 heteroatoms. The highest BCUT2D eigenvalue weighted by atomic mass is 16.5. The van der Waals surface area contributed by atoms with Gasteiger partial charge >= 0.3 is 0 Å². The zero-order valence-electron chi connectivity index (χ0n) is 12.8. The van der Waals surface area contributed by atoms with Gasteiger partial charge in [-0.05, 0) is 25.5 Å². The second kappa shape index (κ2) is 7.47. The highest BCUT2D eigenvalue weighted by molar-refractivity contribution is 5.60. The molecule has 2 N–H and O–H groups in total. The average Bonchev–Trinajstić information content (AvgIpc) is 2.48. The molecule has 0 atom stereocenters. The van der Waals surface area contributed by atoms with Crippen LogP contribution in [0.3, 0.4) is 0 Å². The molecule has 0 aliphatic rings. The Labute approximate surface area is 125 Å². The van der Waals surface area contributed by atoms with Crippen LogP contribution >= 0.6 is 0 Å². The van der Waals surface area contributed by atoms with Crippen LogP contribution in [0.5, 0.6) is 5.75 Å². The Morgan fingerprint density at radius 2 is 1.90 bits per heavy atom. The molecular formula is C16H22N4O. The van der Waals surface area contributed by atoms with E-state index in [0.717, 1.165) is 48.3 Å². The van der Waals surface area contributed by atoms with E-state index in [1.54, 1.807) is 7.11 Å². The first-order valence-electron chi connectivity index (χ1n) is 7.28. The second-order valence-corrected chi connectivity index (χ2v) is 4.69. The van der Waals surface area contributed by atoms with Gasteiger partial charge in [0.15, 0.2) is 0 Å². The molecule has 5 nitrogen and oxygen atoms in total. The molecule has 2 aromatic rings. The summed E-state index contributed by atoms with van der Waals surface area (Å²) in [5, 5.41) is 6.54. The molecule has 21 heavy (non-hydrogen) atoms. The fourth-order valence-corrected chi connectivity index (χ4v) is 2.02. The minimum absolute atomic E-state index is 0.789. The van der Waals surface area contributed by atoms with Crippen LogP contribution in [0.25, 0.3) is 0 Å². The molecule has 0 saturated carbocycles. The molecule has 0 aliphatic heterocycles. The first-order valence-corrected chi connectivity index (χ1v) is 7.28. The quantitative estimate of drug-likeness (QED) is 0.814. The lowest BCUT2D eigenvalue weighted by Crippen LogP contribution is -2.06. The summed E-state index contributed by atoms with van der Waals surface area (Å²) in [4.78, 5) is 9.05. The molecule has 0 amide bonds. The van der Waals surface area contributed by atoms with Gasteiger partial charge in [0.1, 0.15) is 23.2 Å². The molecule has 0 radical (unpaired) electrons. The van der Waals surface area contributed by atoms with Crippen molar-refractivity contribution in [2.75, 3.05) is 24.3 Å². The number of anilines is 3. The number of benzene rings is 1. The van der Waals surface area contributed by atoms with Gasteiger partial charge < -0.3 is 15.4 Å². The van der Waals surface area contributed by atoms with Crippen LogP contribution in [-0.4, -0.2) is 23.6 Å². The van der Waals surface area contributed by atoms with Crippen LogP contribution in [0.2, 0.25) is 0 Å². The summed E-state index contributed by atoms with van der Waals surface area (Å²) in [6, 6.07) is 9.70. The summed E-state index contributed by atoms with van der Waals surface area (Å²) in [6.45, 7) is 5.01. The van der Waals surface area contributed by atoms with E-state index < -0.39 is 0 Å². The van der Waals surface area contributed by atoms with E-state index in [9.17, 15) is 0 Å². The van der Waals surface area contributed by atoms with Gasteiger partial charge in [0.05, 0.1) is 7.11 Å². The van der Waals surface area contributed by atoms with Crippen molar-refractivity contribution < 1.29 is 4.74 Å². The van der Waals surface area contributed by atoms with Crippen LogP contribution in [-0.2, 0) is 6.42 Å².